The molecule has 0 N–H and O–H groups in total. The van der Waals surface area contributed by atoms with Gasteiger partial charge in [0, 0.05) is 76.2 Å². The van der Waals surface area contributed by atoms with E-state index >= 15 is 0 Å². The molecule has 35 heavy (non-hydrogen) atoms. The number of aryl methyl sites for hydroxylation is 1. The Bertz CT molecular complexity index is 1140. The maximum atomic E-state index is 13.8. The molecule has 3 aliphatic rings. The van der Waals surface area contributed by atoms with Crippen LogP contribution in [0.25, 0.3) is 0 Å². The van der Waals surface area contributed by atoms with E-state index in [1.54, 1.807) is 24.0 Å². The molecule has 0 unspecified atom stereocenters. The molecular formula is C26H31N5O4. The van der Waals surface area contributed by atoms with Crippen LogP contribution in [0.2, 0.25) is 0 Å². The number of hydrogen-bond donors (Lipinski definition) is 0. The van der Waals surface area contributed by atoms with Crippen LogP contribution in [0.3, 0.4) is 0 Å². The SMILES string of the molecule is CC(=O)N1CCN(C(=O)[C@@H]2Cc3cc([N+](=O)[O-])ccc3N3CCN(c4ccc(C)cc4)C[C@@H]23)CC1. The number of nitro groups is 1. The number of carbonyl (C=O) groups excluding carboxylic acids is 2. The van der Waals surface area contributed by atoms with Gasteiger partial charge in [0.25, 0.3) is 5.69 Å². The van der Waals surface area contributed by atoms with Crippen molar-refractivity contribution in [3.8, 4) is 0 Å². The zero-order valence-electron chi connectivity index (χ0n) is 20.2. The Morgan fingerprint density at radius 1 is 0.943 bits per heavy atom. The Hall–Kier alpha value is -3.62. The number of non-ortho nitro benzene ring substituents is 1. The van der Waals surface area contributed by atoms with Gasteiger partial charge >= 0.3 is 0 Å². The van der Waals surface area contributed by atoms with Gasteiger partial charge in [-0.05, 0) is 37.1 Å². The van der Waals surface area contributed by atoms with E-state index in [1.165, 1.54) is 5.56 Å². The fourth-order valence-corrected chi connectivity index (χ4v) is 5.67. The first-order valence-electron chi connectivity index (χ1n) is 12.2. The summed E-state index contributed by atoms with van der Waals surface area (Å²) in [7, 11) is 0. The van der Waals surface area contributed by atoms with Crippen LogP contribution in [-0.2, 0) is 16.0 Å². The molecule has 184 valence electrons. The van der Waals surface area contributed by atoms with Crippen LogP contribution in [0.4, 0.5) is 17.1 Å². The van der Waals surface area contributed by atoms with Gasteiger partial charge in [-0.1, -0.05) is 17.7 Å². The van der Waals surface area contributed by atoms with E-state index in [2.05, 4.69) is 41.0 Å². The standard InChI is InChI=1S/C26H31N5O4/c1-18-3-5-21(6-4-18)29-13-14-30-24-8-7-22(31(34)35)15-20(24)16-23(25(30)17-29)26(33)28-11-9-27(10-12-28)19(2)32/h3-8,15,23,25H,9-14,16-17H2,1-2H3/t23-,25+/m1/s1. The Balaban J connectivity index is 1.44. The molecule has 2 atom stereocenters. The molecule has 3 aliphatic heterocycles. The third-order valence-electron chi connectivity index (χ3n) is 7.66. The molecule has 2 saturated heterocycles. The Kier molecular flexibility index (Phi) is 6.08. The first-order chi connectivity index (χ1) is 16.8. The molecule has 9 heteroatoms. The van der Waals surface area contributed by atoms with Crippen molar-refractivity contribution in [2.45, 2.75) is 26.3 Å². The molecule has 2 amide bonds. The number of anilines is 2. The van der Waals surface area contributed by atoms with E-state index in [1.807, 2.05) is 11.0 Å². The zero-order valence-corrected chi connectivity index (χ0v) is 20.2. The minimum absolute atomic E-state index is 0.0302. The monoisotopic (exact) mass is 477 g/mol. The summed E-state index contributed by atoms with van der Waals surface area (Å²) in [6.45, 7) is 8.01. The highest BCUT2D eigenvalue weighted by Gasteiger charge is 2.43. The number of benzene rings is 2. The molecule has 3 heterocycles. The van der Waals surface area contributed by atoms with Crippen molar-refractivity contribution in [2.75, 3.05) is 55.6 Å². The number of rotatable bonds is 3. The van der Waals surface area contributed by atoms with Gasteiger partial charge in [0.15, 0.2) is 0 Å². The molecular weight excluding hydrogens is 446 g/mol. The van der Waals surface area contributed by atoms with Crippen LogP contribution in [0.1, 0.15) is 18.1 Å². The van der Waals surface area contributed by atoms with Crippen molar-refractivity contribution in [2.24, 2.45) is 5.92 Å². The minimum atomic E-state index is -0.375. The van der Waals surface area contributed by atoms with Crippen molar-refractivity contribution >= 4 is 28.9 Å². The number of carbonyl (C=O) groups is 2. The summed E-state index contributed by atoms with van der Waals surface area (Å²) < 4.78 is 0. The maximum absolute atomic E-state index is 13.8. The molecule has 0 saturated carbocycles. The second kappa shape index (κ2) is 9.20. The number of nitrogens with zero attached hydrogens (tertiary/aromatic N) is 5. The average molecular weight is 478 g/mol. The van der Waals surface area contributed by atoms with Crippen molar-refractivity contribution in [1.29, 1.82) is 0 Å². The van der Waals surface area contributed by atoms with Crippen molar-refractivity contribution in [3.63, 3.8) is 0 Å². The lowest BCUT2D eigenvalue weighted by Gasteiger charge is -2.50. The fourth-order valence-electron chi connectivity index (χ4n) is 5.67. The van der Waals surface area contributed by atoms with Crippen molar-refractivity contribution in [1.82, 2.24) is 9.80 Å². The average Bonchev–Trinajstić information content (AvgIpc) is 2.87. The van der Waals surface area contributed by atoms with Crippen LogP contribution in [-0.4, -0.2) is 78.4 Å². The number of hydrogen-bond acceptors (Lipinski definition) is 6. The highest BCUT2D eigenvalue weighted by atomic mass is 16.6. The van der Waals surface area contributed by atoms with Crippen LogP contribution < -0.4 is 9.80 Å². The van der Waals surface area contributed by atoms with Crippen LogP contribution >= 0.6 is 0 Å². The van der Waals surface area contributed by atoms with E-state index in [0.717, 1.165) is 30.0 Å². The predicted octanol–water partition coefficient (Wildman–Crippen LogP) is 2.46. The fraction of sp³-hybridized carbons (Fsp3) is 0.462. The number of fused-ring (bicyclic) bond motifs is 3. The largest absolute Gasteiger partial charge is 0.368 e. The highest BCUT2D eigenvalue weighted by molar-refractivity contribution is 5.83. The summed E-state index contributed by atoms with van der Waals surface area (Å²) in [5.74, 6) is -0.198. The van der Waals surface area contributed by atoms with Gasteiger partial charge in [0.1, 0.15) is 0 Å². The van der Waals surface area contributed by atoms with Crippen LogP contribution in [0, 0.1) is 23.0 Å². The Morgan fingerprint density at radius 2 is 1.63 bits per heavy atom. The zero-order chi connectivity index (χ0) is 24.7. The van der Waals surface area contributed by atoms with Gasteiger partial charge in [0.05, 0.1) is 16.9 Å². The highest BCUT2D eigenvalue weighted by Crippen LogP contribution is 2.39. The molecule has 0 spiro atoms. The maximum Gasteiger partial charge on any atom is 0.269 e. The first-order valence-corrected chi connectivity index (χ1v) is 12.2. The third kappa shape index (κ3) is 4.42. The number of piperazine rings is 2. The first kappa shape index (κ1) is 23.1. The van der Waals surface area contributed by atoms with Gasteiger partial charge in [-0.2, -0.15) is 0 Å². The van der Waals surface area contributed by atoms with E-state index in [0.29, 0.717) is 39.1 Å². The molecule has 2 fully saturated rings. The Labute approximate surface area is 205 Å². The second-order valence-corrected chi connectivity index (χ2v) is 9.75. The van der Waals surface area contributed by atoms with Gasteiger partial charge in [-0.15, -0.1) is 0 Å². The van der Waals surface area contributed by atoms with Crippen molar-refractivity contribution in [3.05, 3.63) is 63.7 Å². The second-order valence-electron chi connectivity index (χ2n) is 9.75. The normalized spacial score (nSPS) is 21.9. The topological polar surface area (TPSA) is 90.2 Å². The minimum Gasteiger partial charge on any atom is -0.368 e. The van der Waals surface area contributed by atoms with Gasteiger partial charge < -0.3 is 19.6 Å². The third-order valence-corrected chi connectivity index (χ3v) is 7.66. The number of amides is 2. The number of nitro benzene ring substituents is 1. The molecule has 9 nitrogen and oxygen atoms in total. The smallest absolute Gasteiger partial charge is 0.269 e. The van der Waals surface area contributed by atoms with Gasteiger partial charge in [-0.25, -0.2) is 0 Å². The van der Waals surface area contributed by atoms with Crippen molar-refractivity contribution < 1.29 is 14.5 Å². The summed E-state index contributed by atoms with van der Waals surface area (Å²) >= 11 is 0. The van der Waals surface area contributed by atoms with E-state index in [-0.39, 0.29) is 34.4 Å². The van der Waals surface area contributed by atoms with Gasteiger partial charge in [0.2, 0.25) is 11.8 Å². The summed E-state index contributed by atoms with van der Waals surface area (Å²) in [6.07, 6.45) is 0.478. The Morgan fingerprint density at radius 3 is 2.29 bits per heavy atom. The lowest BCUT2D eigenvalue weighted by Crippen LogP contribution is -2.62. The molecule has 0 aromatic heterocycles. The quantitative estimate of drug-likeness (QED) is 0.498. The summed E-state index contributed by atoms with van der Waals surface area (Å²) in [6, 6.07) is 13.5. The van der Waals surface area contributed by atoms with E-state index < -0.39 is 0 Å². The van der Waals surface area contributed by atoms with Crippen LogP contribution in [0.5, 0.6) is 0 Å². The lowest BCUT2D eigenvalue weighted by molar-refractivity contribution is -0.384. The predicted molar refractivity (Wildman–Crippen MR) is 134 cm³/mol. The molecule has 5 rings (SSSR count). The molecule has 0 radical (unpaired) electrons. The molecule has 0 aliphatic carbocycles. The molecule has 2 aromatic rings. The molecule has 2 aromatic carbocycles. The van der Waals surface area contributed by atoms with Gasteiger partial charge in [-0.3, -0.25) is 19.7 Å². The lowest BCUT2D eigenvalue weighted by atomic mass is 9.82. The van der Waals surface area contributed by atoms with Crippen LogP contribution in [0.15, 0.2) is 42.5 Å². The summed E-state index contributed by atoms with van der Waals surface area (Å²) in [4.78, 5) is 44.9. The van der Waals surface area contributed by atoms with E-state index in [4.69, 9.17) is 0 Å². The molecule has 0 bridgehead atoms. The summed E-state index contributed by atoms with van der Waals surface area (Å²) in [5.41, 5.74) is 4.26. The van der Waals surface area contributed by atoms with E-state index in [9.17, 15) is 19.7 Å². The summed E-state index contributed by atoms with van der Waals surface area (Å²) in [5, 5.41) is 11.4.